The van der Waals surface area contributed by atoms with Gasteiger partial charge in [0.1, 0.15) is 12.3 Å². The zero-order valence-electron chi connectivity index (χ0n) is 16.7. The number of aromatic nitrogens is 2. The highest BCUT2D eigenvalue weighted by atomic mass is 16.5. The Hall–Kier alpha value is -3.41. The summed E-state index contributed by atoms with van der Waals surface area (Å²) in [6, 6.07) is 20.6. The molecule has 6 heteroatoms. The van der Waals surface area contributed by atoms with Gasteiger partial charge in [0.05, 0.1) is 12.8 Å². The van der Waals surface area contributed by atoms with Gasteiger partial charge in [0.15, 0.2) is 0 Å². The molecule has 0 spiro atoms. The highest BCUT2D eigenvalue weighted by Gasteiger charge is 2.11. The molecule has 1 N–H and O–H groups in total. The summed E-state index contributed by atoms with van der Waals surface area (Å²) in [5, 5.41) is 7.29. The van der Waals surface area contributed by atoms with E-state index in [9.17, 15) is 9.59 Å². The zero-order chi connectivity index (χ0) is 20.6. The molecule has 1 aromatic heterocycles. The van der Waals surface area contributed by atoms with E-state index in [2.05, 4.69) is 22.5 Å². The number of aryl methyl sites for hydroxylation is 1. The fourth-order valence-electron chi connectivity index (χ4n) is 3.03. The molecule has 2 aromatic carbocycles. The second-order valence-corrected chi connectivity index (χ2v) is 6.94. The molecule has 1 amide bonds. The van der Waals surface area contributed by atoms with Crippen molar-refractivity contribution in [3.05, 3.63) is 82.6 Å². The molecule has 0 saturated carbocycles. The van der Waals surface area contributed by atoms with Gasteiger partial charge >= 0.3 is 0 Å². The number of carbonyl (C=O) groups is 1. The standard InChI is InChI=1S/C23H25N3O3/c1-17(8-9-18-6-4-3-5-7-18)24-22(27)16-26-23(28)15-14-21(25-26)19-10-12-20(29-2)13-11-19/h3-7,10-15,17H,8-9,16H2,1-2H3,(H,24,27)/t17-/m1/s1. The van der Waals surface area contributed by atoms with Crippen LogP contribution >= 0.6 is 0 Å². The third-order valence-corrected chi connectivity index (χ3v) is 4.66. The van der Waals surface area contributed by atoms with Crippen LogP contribution in [0.1, 0.15) is 18.9 Å². The maximum Gasteiger partial charge on any atom is 0.267 e. The average Bonchev–Trinajstić information content (AvgIpc) is 2.74. The molecule has 3 rings (SSSR count). The van der Waals surface area contributed by atoms with Crippen LogP contribution in [-0.2, 0) is 17.8 Å². The smallest absolute Gasteiger partial charge is 0.267 e. The van der Waals surface area contributed by atoms with E-state index in [-0.39, 0.29) is 24.1 Å². The van der Waals surface area contributed by atoms with Gasteiger partial charge in [-0.2, -0.15) is 5.10 Å². The normalized spacial score (nSPS) is 11.7. The first-order valence-corrected chi connectivity index (χ1v) is 9.61. The molecule has 1 atom stereocenters. The van der Waals surface area contributed by atoms with Crippen LogP contribution in [0.4, 0.5) is 0 Å². The maximum atomic E-state index is 12.4. The fraction of sp³-hybridized carbons (Fsp3) is 0.261. The van der Waals surface area contributed by atoms with Crippen molar-refractivity contribution in [1.29, 1.82) is 0 Å². The lowest BCUT2D eigenvalue weighted by molar-refractivity contribution is -0.122. The molecular weight excluding hydrogens is 366 g/mol. The Kier molecular flexibility index (Phi) is 6.79. The highest BCUT2D eigenvalue weighted by molar-refractivity contribution is 5.76. The van der Waals surface area contributed by atoms with Crippen LogP contribution in [0.15, 0.2) is 71.5 Å². The number of rotatable bonds is 8. The van der Waals surface area contributed by atoms with Crippen LogP contribution in [0.25, 0.3) is 11.3 Å². The molecule has 0 aliphatic carbocycles. The van der Waals surface area contributed by atoms with Crippen molar-refractivity contribution in [3.63, 3.8) is 0 Å². The molecule has 1 heterocycles. The summed E-state index contributed by atoms with van der Waals surface area (Å²) in [6.07, 6.45) is 1.71. The first-order chi connectivity index (χ1) is 14.0. The second kappa shape index (κ2) is 9.68. The zero-order valence-corrected chi connectivity index (χ0v) is 16.7. The van der Waals surface area contributed by atoms with Crippen LogP contribution in [0.3, 0.4) is 0 Å². The number of nitrogens with one attached hydrogen (secondary N) is 1. The summed E-state index contributed by atoms with van der Waals surface area (Å²) in [4.78, 5) is 24.5. The predicted molar refractivity (Wildman–Crippen MR) is 113 cm³/mol. The van der Waals surface area contributed by atoms with E-state index in [0.29, 0.717) is 5.69 Å². The third-order valence-electron chi connectivity index (χ3n) is 4.66. The van der Waals surface area contributed by atoms with Gasteiger partial charge in [-0.15, -0.1) is 0 Å². The first-order valence-electron chi connectivity index (χ1n) is 9.61. The molecule has 0 radical (unpaired) electrons. The Morgan fingerprint density at radius 2 is 1.79 bits per heavy atom. The SMILES string of the molecule is COc1ccc(-c2ccc(=O)n(CC(=O)N[C@H](C)CCc3ccccc3)n2)cc1. The van der Waals surface area contributed by atoms with Crippen molar-refractivity contribution in [2.24, 2.45) is 0 Å². The molecule has 29 heavy (non-hydrogen) atoms. The summed E-state index contributed by atoms with van der Waals surface area (Å²) in [6.45, 7) is 1.85. The third kappa shape index (κ3) is 5.78. The van der Waals surface area contributed by atoms with Gasteiger partial charge in [-0.3, -0.25) is 9.59 Å². The highest BCUT2D eigenvalue weighted by Crippen LogP contribution is 2.19. The number of nitrogens with zero attached hydrogens (tertiary/aromatic N) is 2. The number of carbonyl (C=O) groups excluding carboxylic acids is 1. The molecule has 0 fully saturated rings. The van der Waals surface area contributed by atoms with E-state index in [4.69, 9.17) is 4.74 Å². The van der Waals surface area contributed by atoms with Gasteiger partial charge in [0.2, 0.25) is 5.91 Å². The molecule has 0 bridgehead atoms. The molecule has 3 aromatic rings. The largest absolute Gasteiger partial charge is 0.497 e. The lowest BCUT2D eigenvalue weighted by atomic mass is 10.1. The van der Waals surface area contributed by atoms with Gasteiger partial charge in [-0.25, -0.2) is 4.68 Å². The number of benzene rings is 2. The molecule has 6 nitrogen and oxygen atoms in total. The molecule has 150 valence electrons. The lowest BCUT2D eigenvalue weighted by Gasteiger charge is -2.14. The Bertz CT molecular complexity index is 998. The Morgan fingerprint density at radius 1 is 1.07 bits per heavy atom. The van der Waals surface area contributed by atoms with Gasteiger partial charge in [0, 0.05) is 17.7 Å². The van der Waals surface area contributed by atoms with E-state index in [0.717, 1.165) is 24.2 Å². The van der Waals surface area contributed by atoms with Crippen molar-refractivity contribution < 1.29 is 9.53 Å². The first kappa shape index (κ1) is 20.3. The quantitative estimate of drug-likeness (QED) is 0.641. The minimum Gasteiger partial charge on any atom is -0.497 e. The van der Waals surface area contributed by atoms with Crippen molar-refractivity contribution in [2.45, 2.75) is 32.4 Å². The number of amides is 1. The maximum absolute atomic E-state index is 12.4. The van der Waals surface area contributed by atoms with Crippen LogP contribution < -0.4 is 15.6 Å². The van der Waals surface area contributed by atoms with Crippen molar-refractivity contribution in [2.75, 3.05) is 7.11 Å². The van der Waals surface area contributed by atoms with Gasteiger partial charge in [-0.05, 0) is 55.7 Å². The Morgan fingerprint density at radius 3 is 2.48 bits per heavy atom. The summed E-state index contributed by atoms with van der Waals surface area (Å²) in [7, 11) is 1.60. The number of hydrogen-bond acceptors (Lipinski definition) is 4. The van der Waals surface area contributed by atoms with Crippen LogP contribution in [0, 0.1) is 0 Å². The Labute approximate surface area is 170 Å². The lowest BCUT2D eigenvalue weighted by Crippen LogP contribution is -2.38. The van der Waals surface area contributed by atoms with Crippen molar-refractivity contribution in [3.8, 4) is 17.0 Å². The molecular formula is C23H25N3O3. The fourth-order valence-corrected chi connectivity index (χ4v) is 3.03. The topological polar surface area (TPSA) is 73.2 Å². The Balaban J connectivity index is 1.61. The number of hydrogen-bond donors (Lipinski definition) is 1. The van der Waals surface area contributed by atoms with E-state index in [1.165, 1.54) is 16.3 Å². The van der Waals surface area contributed by atoms with Crippen LogP contribution in [-0.4, -0.2) is 28.8 Å². The van der Waals surface area contributed by atoms with E-state index in [1.807, 2.05) is 49.4 Å². The van der Waals surface area contributed by atoms with Gasteiger partial charge in [0.25, 0.3) is 5.56 Å². The van der Waals surface area contributed by atoms with E-state index in [1.54, 1.807) is 13.2 Å². The molecule has 0 saturated heterocycles. The predicted octanol–water partition coefficient (Wildman–Crippen LogP) is 3.06. The van der Waals surface area contributed by atoms with Gasteiger partial charge < -0.3 is 10.1 Å². The summed E-state index contributed by atoms with van der Waals surface area (Å²) < 4.78 is 6.35. The minimum absolute atomic E-state index is 0.00294. The summed E-state index contributed by atoms with van der Waals surface area (Å²) in [5.74, 6) is 0.512. The van der Waals surface area contributed by atoms with Crippen LogP contribution in [0.5, 0.6) is 5.75 Å². The molecule has 0 aliphatic rings. The van der Waals surface area contributed by atoms with Crippen molar-refractivity contribution in [1.82, 2.24) is 15.1 Å². The molecule has 0 aliphatic heterocycles. The number of methoxy groups -OCH3 is 1. The summed E-state index contributed by atoms with van der Waals surface area (Å²) in [5.41, 5.74) is 2.39. The van der Waals surface area contributed by atoms with Gasteiger partial charge in [-0.1, -0.05) is 30.3 Å². The van der Waals surface area contributed by atoms with E-state index < -0.39 is 0 Å². The average molecular weight is 391 g/mol. The van der Waals surface area contributed by atoms with E-state index >= 15 is 0 Å². The summed E-state index contributed by atoms with van der Waals surface area (Å²) >= 11 is 0. The monoisotopic (exact) mass is 391 g/mol. The number of ether oxygens (including phenoxy) is 1. The molecule has 0 unspecified atom stereocenters. The van der Waals surface area contributed by atoms with Crippen molar-refractivity contribution >= 4 is 5.91 Å². The van der Waals surface area contributed by atoms with Crippen LogP contribution in [0.2, 0.25) is 0 Å². The second-order valence-electron chi connectivity index (χ2n) is 6.94. The minimum atomic E-state index is -0.311.